The molecule has 2 heterocycles. The van der Waals surface area contributed by atoms with Crippen molar-refractivity contribution in [3.8, 4) is 5.69 Å². The van der Waals surface area contributed by atoms with Crippen LogP contribution in [0.2, 0.25) is 0 Å². The lowest BCUT2D eigenvalue weighted by atomic mass is 10.2. The largest absolute Gasteiger partial charge is 0.405 e. The molecule has 150 valence electrons. The Morgan fingerprint density at radius 3 is 2.57 bits per heavy atom. The van der Waals surface area contributed by atoms with Crippen LogP contribution in [0, 0.1) is 0 Å². The Labute approximate surface area is 159 Å². The molecule has 0 spiro atoms. The van der Waals surface area contributed by atoms with Gasteiger partial charge in [0, 0.05) is 31.2 Å². The lowest BCUT2D eigenvalue weighted by Gasteiger charge is -2.24. The molecule has 1 aliphatic rings. The van der Waals surface area contributed by atoms with E-state index in [-0.39, 0.29) is 6.54 Å². The Hall–Kier alpha value is -3.04. The number of hydrogen-bond acceptors (Lipinski definition) is 3. The topological polar surface area (TPSA) is 79.3 Å². The predicted octanol–water partition coefficient (Wildman–Crippen LogP) is 2.22. The normalized spacial score (nSPS) is 16.8. The number of benzene rings is 1. The molecule has 7 nitrogen and oxygen atoms in total. The lowest BCUT2D eigenvalue weighted by molar-refractivity contribution is -0.140. The average molecular weight is 395 g/mol. The second-order valence-electron chi connectivity index (χ2n) is 6.48. The second-order valence-corrected chi connectivity index (χ2v) is 6.48. The first kappa shape index (κ1) is 19.7. The molecule has 0 saturated carbocycles. The number of nitrogens with zero attached hydrogens (tertiary/aromatic N) is 3. The van der Waals surface area contributed by atoms with Crippen LogP contribution in [0.15, 0.2) is 43.0 Å². The minimum atomic E-state index is -4.48. The third kappa shape index (κ3) is 5.02. The van der Waals surface area contributed by atoms with Gasteiger partial charge in [0.1, 0.15) is 12.6 Å². The van der Waals surface area contributed by atoms with Gasteiger partial charge in [-0.15, -0.1) is 0 Å². The molecule has 3 rings (SSSR count). The summed E-state index contributed by atoms with van der Waals surface area (Å²) in [5.41, 5.74) is 1.78. The van der Waals surface area contributed by atoms with E-state index in [1.54, 1.807) is 12.5 Å². The van der Waals surface area contributed by atoms with E-state index in [0.29, 0.717) is 19.4 Å². The Balaban J connectivity index is 1.53. The van der Waals surface area contributed by atoms with Crippen molar-refractivity contribution in [2.24, 2.45) is 0 Å². The maximum Gasteiger partial charge on any atom is 0.405 e. The highest BCUT2D eigenvalue weighted by atomic mass is 19.4. The number of carbonyl (C=O) groups excluding carboxylic acids is 2. The van der Waals surface area contributed by atoms with Crippen molar-refractivity contribution in [1.29, 1.82) is 0 Å². The molecule has 28 heavy (non-hydrogen) atoms. The van der Waals surface area contributed by atoms with Gasteiger partial charge in [0.25, 0.3) is 0 Å². The number of hydrogen-bond donors (Lipinski definition) is 2. The van der Waals surface area contributed by atoms with Crippen LogP contribution in [-0.2, 0) is 11.3 Å². The zero-order valence-corrected chi connectivity index (χ0v) is 14.9. The maximum absolute atomic E-state index is 12.4. The summed E-state index contributed by atoms with van der Waals surface area (Å²) in [5, 5.41) is 4.57. The van der Waals surface area contributed by atoms with Gasteiger partial charge < -0.3 is 20.1 Å². The van der Waals surface area contributed by atoms with E-state index >= 15 is 0 Å². The Bertz CT molecular complexity index is 806. The van der Waals surface area contributed by atoms with Gasteiger partial charge in [0.05, 0.1) is 6.33 Å². The highest BCUT2D eigenvalue weighted by Gasteiger charge is 2.36. The fraction of sp³-hybridized carbons (Fsp3) is 0.389. The SMILES string of the molecule is O=C(NCC(F)(F)F)[C@H]1CCCN1C(=O)NCc1ccc(-n2ccnc2)cc1. The van der Waals surface area contributed by atoms with E-state index in [2.05, 4.69) is 10.3 Å². The molecule has 0 bridgehead atoms. The fourth-order valence-electron chi connectivity index (χ4n) is 3.06. The van der Waals surface area contributed by atoms with Gasteiger partial charge >= 0.3 is 12.2 Å². The third-order valence-corrected chi connectivity index (χ3v) is 4.46. The molecular formula is C18H20F3N5O2. The zero-order chi connectivity index (χ0) is 20.1. The second kappa shape index (κ2) is 8.32. The highest BCUT2D eigenvalue weighted by Crippen LogP contribution is 2.19. The molecule has 1 aliphatic heterocycles. The van der Waals surface area contributed by atoms with Gasteiger partial charge in [0.15, 0.2) is 0 Å². The van der Waals surface area contributed by atoms with Gasteiger partial charge in [-0.1, -0.05) is 12.1 Å². The summed E-state index contributed by atoms with van der Waals surface area (Å²) in [6, 6.07) is 6.12. The molecule has 1 fully saturated rings. The molecule has 10 heteroatoms. The van der Waals surface area contributed by atoms with Crippen LogP contribution in [0.25, 0.3) is 5.69 Å². The maximum atomic E-state index is 12.4. The number of amides is 3. The summed E-state index contributed by atoms with van der Waals surface area (Å²) in [4.78, 5) is 29.6. The van der Waals surface area contributed by atoms with Crippen molar-refractivity contribution >= 4 is 11.9 Å². The van der Waals surface area contributed by atoms with Crippen molar-refractivity contribution in [3.05, 3.63) is 48.5 Å². The van der Waals surface area contributed by atoms with Crippen molar-refractivity contribution in [1.82, 2.24) is 25.1 Å². The van der Waals surface area contributed by atoms with Crippen LogP contribution < -0.4 is 10.6 Å². The van der Waals surface area contributed by atoms with E-state index in [1.807, 2.05) is 40.3 Å². The summed E-state index contributed by atoms with van der Waals surface area (Å²) in [5.74, 6) is -0.783. The minimum Gasteiger partial charge on any atom is -0.345 e. The van der Waals surface area contributed by atoms with E-state index in [4.69, 9.17) is 0 Å². The van der Waals surface area contributed by atoms with Crippen LogP contribution in [0.5, 0.6) is 0 Å². The molecule has 2 N–H and O–H groups in total. The van der Waals surface area contributed by atoms with Crippen LogP contribution in [-0.4, -0.2) is 51.7 Å². The Morgan fingerprint density at radius 2 is 1.93 bits per heavy atom. The Kier molecular flexibility index (Phi) is 5.86. The van der Waals surface area contributed by atoms with Crippen LogP contribution in [0.4, 0.5) is 18.0 Å². The number of urea groups is 1. The van der Waals surface area contributed by atoms with E-state index in [1.165, 1.54) is 4.90 Å². The number of nitrogens with one attached hydrogen (secondary N) is 2. The van der Waals surface area contributed by atoms with Crippen molar-refractivity contribution in [3.63, 3.8) is 0 Å². The number of imidazole rings is 1. The van der Waals surface area contributed by atoms with Crippen molar-refractivity contribution < 1.29 is 22.8 Å². The summed E-state index contributed by atoms with van der Waals surface area (Å²) >= 11 is 0. The van der Waals surface area contributed by atoms with Gasteiger partial charge in [-0.2, -0.15) is 13.2 Å². The highest BCUT2D eigenvalue weighted by molar-refractivity contribution is 5.87. The molecule has 3 amide bonds. The first-order chi connectivity index (χ1) is 13.3. The van der Waals surface area contributed by atoms with Crippen molar-refractivity contribution in [2.75, 3.05) is 13.1 Å². The zero-order valence-electron chi connectivity index (χ0n) is 14.9. The van der Waals surface area contributed by atoms with Crippen LogP contribution in [0.3, 0.4) is 0 Å². The van der Waals surface area contributed by atoms with E-state index in [9.17, 15) is 22.8 Å². The van der Waals surface area contributed by atoms with Gasteiger partial charge in [0.2, 0.25) is 5.91 Å². The first-order valence-corrected chi connectivity index (χ1v) is 8.80. The summed E-state index contributed by atoms with van der Waals surface area (Å²) in [6.07, 6.45) is 1.59. The standard InChI is InChI=1S/C18H20F3N5O2/c19-18(20,21)11-24-16(27)15-2-1-8-26(15)17(28)23-10-13-3-5-14(6-4-13)25-9-7-22-12-25/h3-7,9,12,15H,1-2,8,10-11H2,(H,23,28)(H,24,27)/t15-/m1/s1. The van der Waals surface area contributed by atoms with Crippen molar-refractivity contribution in [2.45, 2.75) is 31.6 Å². The lowest BCUT2D eigenvalue weighted by Crippen LogP contribution is -2.50. The summed E-state index contributed by atoms with van der Waals surface area (Å²) in [6.45, 7) is -0.826. The predicted molar refractivity (Wildman–Crippen MR) is 94.6 cm³/mol. The molecule has 1 saturated heterocycles. The van der Waals surface area contributed by atoms with Gasteiger partial charge in [-0.3, -0.25) is 4.79 Å². The average Bonchev–Trinajstić information content (AvgIpc) is 3.35. The molecular weight excluding hydrogens is 375 g/mol. The molecule has 0 radical (unpaired) electrons. The number of aromatic nitrogens is 2. The smallest absolute Gasteiger partial charge is 0.345 e. The third-order valence-electron chi connectivity index (χ3n) is 4.46. The number of halogens is 3. The summed E-state index contributed by atoms with van der Waals surface area (Å²) in [7, 11) is 0. The van der Waals surface area contributed by atoms with Gasteiger partial charge in [-0.25, -0.2) is 9.78 Å². The molecule has 1 atom stereocenters. The number of rotatable bonds is 5. The quantitative estimate of drug-likeness (QED) is 0.815. The molecule has 1 aromatic carbocycles. The van der Waals surface area contributed by atoms with E-state index < -0.39 is 30.7 Å². The number of alkyl halides is 3. The summed E-state index contributed by atoms with van der Waals surface area (Å²) < 4.78 is 38.7. The molecule has 0 unspecified atom stereocenters. The van der Waals surface area contributed by atoms with Crippen LogP contribution in [0.1, 0.15) is 18.4 Å². The monoisotopic (exact) mass is 395 g/mol. The Morgan fingerprint density at radius 1 is 1.18 bits per heavy atom. The molecule has 2 aromatic rings. The van der Waals surface area contributed by atoms with Crippen LogP contribution >= 0.6 is 0 Å². The number of likely N-dealkylation sites (tertiary alicyclic amines) is 1. The molecule has 1 aromatic heterocycles. The first-order valence-electron chi connectivity index (χ1n) is 8.80. The van der Waals surface area contributed by atoms with Gasteiger partial charge in [-0.05, 0) is 30.5 Å². The number of carbonyl (C=O) groups is 2. The van der Waals surface area contributed by atoms with E-state index in [0.717, 1.165) is 11.3 Å². The minimum absolute atomic E-state index is 0.246. The molecule has 0 aliphatic carbocycles. The fourth-order valence-corrected chi connectivity index (χ4v) is 3.06.